The Balaban J connectivity index is 1.52. The van der Waals surface area contributed by atoms with Crippen LogP contribution in [0, 0.1) is 11.8 Å². The van der Waals surface area contributed by atoms with E-state index >= 15 is 0 Å². The van der Waals surface area contributed by atoms with Crippen LogP contribution in [0.3, 0.4) is 0 Å². The monoisotopic (exact) mass is 486 g/mol. The van der Waals surface area contributed by atoms with Crippen LogP contribution in [0.1, 0.15) is 29.5 Å². The molecule has 0 atom stereocenters. The van der Waals surface area contributed by atoms with Gasteiger partial charge in [0.05, 0.1) is 0 Å². The molecule has 5 aromatic rings. The van der Waals surface area contributed by atoms with Gasteiger partial charge in [0.15, 0.2) is 0 Å². The quantitative estimate of drug-likeness (QED) is 0.230. The molecular weight excluding hydrogens is 460 g/mol. The third kappa shape index (κ3) is 3.83. The van der Waals surface area contributed by atoms with Gasteiger partial charge in [-0.15, -0.1) is 0 Å². The number of furan rings is 1. The van der Waals surface area contributed by atoms with Crippen molar-refractivity contribution in [2.45, 2.75) is 19.3 Å². The van der Waals surface area contributed by atoms with Crippen LogP contribution in [-0.4, -0.2) is 0 Å². The standard InChI is InChI=1S/C37H26O/c1-2-5-17-27(16-4-1)31-25-24-28-18-8-9-20-30(28)35(31)37-34-23-13-12-22-33(34)36(38-37)32-21-11-10-19-29(32)26-14-6-3-7-15-26/h1,3-4,6-12,14-16,18-22,24-25H,13,17,23H2. The fourth-order valence-corrected chi connectivity index (χ4v) is 5.73. The zero-order valence-electron chi connectivity index (χ0n) is 21.1. The summed E-state index contributed by atoms with van der Waals surface area (Å²) < 4.78 is 7.04. The van der Waals surface area contributed by atoms with Crippen LogP contribution in [-0.2, 0) is 6.42 Å². The van der Waals surface area contributed by atoms with Crippen molar-refractivity contribution < 1.29 is 4.42 Å². The van der Waals surface area contributed by atoms with E-state index < -0.39 is 0 Å². The Morgan fingerprint density at radius 2 is 1.53 bits per heavy atom. The van der Waals surface area contributed by atoms with Crippen LogP contribution in [0.25, 0.3) is 56.2 Å². The first-order valence-corrected chi connectivity index (χ1v) is 13.2. The zero-order chi connectivity index (χ0) is 25.3. The number of fused-ring (bicyclic) bond motifs is 2. The summed E-state index contributed by atoms with van der Waals surface area (Å²) >= 11 is 0. The Hall–Kier alpha value is -4.80. The molecule has 0 N–H and O–H groups in total. The molecule has 7 rings (SSSR count). The zero-order valence-corrected chi connectivity index (χ0v) is 21.1. The molecule has 0 aliphatic heterocycles. The third-order valence-electron chi connectivity index (χ3n) is 7.51. The van der Waals surface area contributed by atoms with Crippen molar-refractivity contribution in [3.63, 3.8) is 0 Å². The molecule has 180 valence electrons. The second kappa shape index (κ2) is 9.58. The van der Waals surface area contributed by atoms with E-state index in [1.165, 1.54) is 49.7 Å². The number of hydrogen-bond acceptors (Lipinski definition) is 1. The maximum Gasteiger partial charge on any atom is 0.142 e. The minimum Gasteiger partial charge on any atom is -0.455 e. The molecule has 0 unspecified atom stereocenters. The molecule has 0 bridgehead atoms. The fourth-order valence-electron chi connectivity index (χ4n) is 5.73. The van der Waals surface area contributed by atoms with E-state index in [4.69, 9.17) is 4.42 Å². The Labute approximate surface area is 223 Å². The number of allylic oxidation sites excluding steroid dienone is 5. The van der Waals surface area contributed by atoms with Crippen molar-refractivity contribution in [3.8, 4) is 45.6 Å². The van der Waals surface area contributed by atoms with Crippen molar-refractivity contribution in [3.05, 3.63) is 132 Å². The highest BCUT2D eigenvalue weighted by Gasteiger charge is 2.27. The molecule has 0 spiro atoms. The summed E-state index contributed by atoms with van der Waals surface area (Å²) in [5.41, 5.74) is 9.56. The summed E-state index contributed by atoms with van der Waals surface area (Å²) in [6, 6.07) is 32.3. The smallest absolute Gasteiger partial charge is 0.142 e. The maximum absolute atomic E-state index is 7.04. The normalized spacial score (nSPS) is 13.9. The lowest BCUT2D eigenvalue weighted by Gasteiger charge is -2.15. The Morgan fingerprint density at radius 1 is 0.711 bits per heavy atom. The van der Waals surface area contributed by atoms with E-state index in [1.54, 1.807) is 0 Å². The van der Waals surface area contributed by atoms with Crippen molar-refractivity contribution in [2.24, 2.45) is 0 Å². The van der Waals surface area contributed by atoms with Crippen LogP contribution in [0.15, 0.2) is 120 Å². The summed E-state index contributed by atoms with van der Waals surface area (Å²) in [5, 5.41) is 2.42. The van der Waals surface area contributed by atoms with Gasteiger partial charge in [-0.2, -0.15) is 0 Å². The highest BCUT2D eigenvalue weighted by atomic mass is 16.3. The average Bonchev–Trinajstić information content (AvgIpc) is 3.15. The third-order valence-corrected chi connectivity index (χ3v) is 7.51. The predicted molar refractivity (Wildman–Crippen MR) is 159 cm³/mol. The Bertz CT molecular complexity index is 1830. The first kappa shape index (κ1) is 22.4. The van der Waals surface area contributed by atoms with Crippen LogP contribution < -0.4 is 0 Å². The van der Waals surface area contributed by atoms with Crippen molar-refractivity contribution in [1.82, 2.24) is 0 Å². The first-order valence-electron chi connectivity index (χ1n) is 13.2. The van der Waals surface area contributed by atoms with Gasteiger partial charge in [-0.25, -0.2) is 0 Å². The molecule has 0 saturated heterocycles. The number of rotatable bonds is 4. The van der Waals surface area contributed by atoms with Gasteiger partial charge < -0.3 is 4.42 Å². The van der Waals surface area contributed by atoms with Crippen LogP contribution in [0.2, 0.25) is 0 Å². The highest BCUT2D eigenvalue weighted by Crippen LogP contribution is 2.47. The highest BCUT2D eigenvalue weighted by molar-refractivity contribution is 6.03. The van der Waals surface area contributed by atoms with Crippen LogP contribution in [0.4, 0.5) is 0 Å². The first-order chi connectivity index (χ1) is 18.9. The molecule has 1 heterocycles. The summed E-state index contributed by atoms with van der Waals surface area (Å²) in [7, 11) is 0. The van der Waals surface area contributed by atoms with E-state index in [1.807, 2.05) is 6.08 Å². The lowest BCUT2D eigenvalue weighted by Crippen LogP contribution is -1.96. The molecular formula is C37H26O. The lowest BCUT2D eigenvalue weighted by atomic mass is 9.87. The van der Waals surface area contributed by atoms with Gasteiger partial charge in [-0.1, -0.05) is 127 Å². The minimum absolute atomic E-state index is 0.713. The Kier molecular flexibility index (Phi) is 5.65. The number of hydrogen-bond donors (Lipinski definition) is 0. The lowest BCUT2D eigenvalue weighted by molar-refractivity contribution is 0.594. The Morgan fingerprint density at radius 3 is 2.45 bits per heavy atom. The average molecular weight is 487 g/mol. The van der Waals surface area contributed by atoms with Gasteiger partial charge in [0.2, 0.25) is 0 Å². The SMILES string of the molecule is C1#CCC(c2ccc3ccccc3c2-c2oc(-c3ccccc3-c3ccccc3)c3c2CCC=C3)=CC=C1. The molecule has 4 aromatic carbocycles. The summed E-state index contributed by atoms with van der Waals surface area (Å²) in [6.45, 7) is 0. The van der Waals surface area contributed by atoms with E-state index in [2.05, 4.69) is 127 Å². The molecule has 2 aliphatic carbocycles. The molecule has 1 nitrogen and oxygen atoms in total. The van der Waals surface area contributed by atoms with Crippen LogP contribution >= 0.6 is 0 Å². The van der Waals surface area contributed by atoms with Gasteiger partial charge >= 0.3 is 0 Å². The summed E-state index contributed by atoms with van der Waals surface area (Å²) in [4.78, 5) is 0. The topological polar surface area (TPSA) is 13.1 Å². The predicted octanol–water partition coefficient (Wildman–Crippen LogP) is 9.74. The summed E-state index contributed by atoms with van der Waals surface area (Å²) in [6.07, 6.45) is 13.4. The van der Waals surface area contributed by atoms with Gasteiger partial charge in [-0.05, 0) is 52.0 Å². The second-order valence-electron chi connectivity index (χ2n) is 9.76. The summed E-state index contributed by atoms with van der Waals surface area (Å²) in [5.74, 6) is 8.35. The van der Waals surface area contributed by atoms with Gasteiger partial charge in [0.25, 0.3) is 0 Å². The molecule has 0 saturated carbocycles. The van der Waals surface area contributed by atoms with E-state index in [-0.39, 0.29) is 0 Å². The van der Waals surface area contributed by atoms with E-state index in [0.29, 0.717) is 6.42 Å². The second-order valence-corrected chi connectivity index (χ2v) is 9.76. The molecule has 1 heteroatoms. The molecule has 0 amide bonds. The van der Waals surface area contributed by atoms with Crippen LogP contribution in [0.5, 0.6) is 0 Å². The molecule has 1 aromatic heterocycles. The van der Waals surface area contributed by atoms with E-state index in [0.717, 1.165) is 29.9 Å². The van der Waals surface area contributed by atoms with Crippen molar-refractivity contribution in [2.75, 3.05) is 0 Å². The molecule has 2 aliphatic rings. The van der Waals surface area contributed by atoms with Crippen molar-refractivity contribution >= 4 is 22.4 Å². The maximum atomic E-state index is 7.04. The largest absolute Gasteiger partial charge is 0.455 e. The fraction of sp³-hybridized carbons (Fsp3) is 0.0811. The minimum atomic E-state index is 0.713. The van der Waals surface area contributed by atoms with Crippen molar-refractivity contribution in [1.29, 1.82) is 0 Å². The van der Waals surface area contributed by atoms with Gasteiger partial charge in [-0.3, -0.25) is 0 Å². The number of benzene rings is 4. The molecule has 0 fully saturated rings. The van der Waals surface area contributed by atoms with Gasteiger partial charge in [0.1, 0.15) is 11.5 Å². The van der Waals surface area contributed by atoms with E-state index in [9.17, 15) is 0 Å². The molecule has 38 heavy (non-hydrogen) atoms. The molecule has 0 radical (unpaired) electrons. The van der Waals surface area contributed by atoms with Gasteiger partial charge in [0, 0.05) is 28.7 Å².